The maximum atomic E-state index is 12.8. The molecule has 0 spiro atoms. The normalized spacial score (nSPS) is 10.6. The number of amides is 1. The van der Waals surface area contributed by atoms with E-state index in [1.807, 2.05) is 0 Å². The predicted octanol–water partition coefficient (Wildman–Crippen LogP) is 5.23. The molecule has 1 heterocycles. The molecule has 4 rings (SSSR count). The van der Waals surface area contributed by atoms with Crippen LogP contribution < -0.4 is 14.8 Å². The molecule has 0 radical (unpaired) electrons. The zero-order chi connectivity index (χ0) is 24.2. The van der Waals surface area contributed by atoms with Gasteiger partial charge in [-0.2, -0.15) is 4.98 Å². The second-order valence-corrected chi connectivity index (χ2v) is 7.32. The van der Waals surface area contributed by atoms with Gasteiger partial charge in [-0.25, -0.2) is 0 Å². The molecule has 0 aliphatic carbocycles. The Labute approximate surface area is 198 Å². The van der Waals surface area contributed by atoms with E-state index in [9.17, 15) is 14.9 Å². The van der Waals surface area contributed by atoms with Crippen LogP contribution in [0.1, 0.15) is 10.4 Å². The molecule has 3 aromatic carbocycles. The molecule has 1 N–H and O–H groups in total. The number of anilines is 1. The topological polar surface area (TPSA) is 130 Å². The number of nitro benzene ring substituents is 1. The number of para-hydroxylation sites is 1. The third-order valence-corrected chi connectivity index (χ3v) is 5.20. The van der Waals surface area contributed by atoms with Gasteiger partial charge in [0.05, 0.1) is 30.4 Å². The summed E-state index contributed by atoms with van der Waals surface area (Å²) in [6.45, 7) is 0. The molecule has 0 saturated carbocycles. The average Bonchev–Trinajstić information content (AvgIpc) is 3.34. The molecule has 1 aromatic heterocycles. The van der Waals surface area contributed by atoms with Crippen molar-refractivity contribution in [1.29, 1.82) is 0 Å². The van der Waals surface area contributed by atoms with Gasteiger partial charge < -0.3 is 19.3 Å². The summed E-state index contributed by atoms with van der Waals surface area (Å²) < 4.78 is 16.0. The Hall–Kier alpha value is -4.44. The molecule has 0 fully saturated rings. The van der Waals surface area contributed by atoms with Crippen LogP contribution in [0.25, 0.3) is 22.8 Å². The van der Waals surface area contributed by atoms with Crippen LogP contribution in [0.2, 0.25) is 5.02 Å². The van der Waals surface area contributed by atoms with Crippen LogP contribution in [0.5, 0.6) is 11.5 Å². The zero-order valence-corrected chi connectivity index (χ0v) is 18.7. The average molecular weight is 481 g/mol. The SMILES string of the molecule is COc1ccc(-c2noc(-c3ccccc3NC(=O)c3ccc(Cl)c([N+](=O)[O-])c3)n2)cc1OC. The van der Waals surface area contributed by atoms with Gasteiger partial charge in [0, 0.05) is 17.2 Å². The minimum absolute atomic E-state index is 0.0597. The second kappa shape index (κ2) is 9.59. The summed E-state index contributed by atoms with van der Waals surface area (Å²) in [5.74, 6) is 0.988. The van der Waals surface area contributed by atoms with E-state index >= 15 is 0 Å². The molecule has 11 heteroatoms. The number of carbonyl (C=O) groups excluding carboxylic acids is 1. The van der Waals surface area contributed by atoms with Crippen molar-refractivity contribution in [3.8, 4) is 34.3 Å². The zero-order valence-electron chi connectivity index (χ0n) is 17.9. The lowest BCUT2D eigenvalue weighted by atomic mass is 10.1. The third-order valence-electron chi connectivity index (χ3n) is 4.88. The number of hydrogen-bond donors (Lipinski definition) is 1. The van der Waals surface area contributed by atoms with E-state index in [-0.39, 0.29) is 22.2 Å². The summed E-state index contributed by atoms with van der Waals surface area (Å²) >= 11 is 5.83. The molecular formula is C23H17ClN4O6. The predicted molar refractivity (Wildman–Crippen MR) is 124 cm³/mol. The van der Waals surface area contributed by atoms with E-state index in [1.54, 1.807) is 42.5 Å². The van der Waals surface area contributed by atoms with Crippen LogP contribution in [0, 0.1) is 10.1 Å². The van der Waals surface area contributed by atoms with E-state index in [1.165, 1.54) is 26.4 Å². The largest absolute Gasteiger partial charge is 0.493 e. The van der Waals surface area contributed by atoms with Gasteiger partial charge in [-0.3, -0.25) is 14.9 Å². The summed E-state index contributed by atoms with van der Waals surface area (Å²) in [5.41, 5.74) is 1.20. The molecule has 1 amide bonds. The Bertz CT molecular complexity index is 1390. The van der Waals surface area contributed by atoms with E-state index in [4.69, 9.17) is 25.6 Å². The Kier molecular flexibility index (Phi) is 6.42. The van der Waals surface area contributed by atoms with Crippen LogP contribution in [0.15, 0.2) is 65.2 Å². The quantitative estimate of drug-likeness (QED) is 0.281. The van der Waals surface area contributed by atoms with Crippen molar-refractivity contribution < 1.29 is 23.7 Å². The Morgan fingerprint density at radius 3 is 2.56 bits per heavy atom. The summed E-state index contributed by atoms with van der Waals surface area (Å²) in [5, 5.41) is 17.8. The standard InChI is InChI=1S/C23H17ClN4O6/c1-32-19-10-8-13(12-20(19)33-2)21-26-23(34-27-21)15-5-3-4-6-17(15)25-22(29)14-7-9-16(24)18(11-14)28(30)31/h3-12H,1-2H3,(H,25,29). The maximum Gasteiger partial charge on any atom is 0.288 e. The van der Waals surface area contributed by atoms with Crippen LogP contribution in [0.4, 0.5) is 11.4 Å². The molecule has 34 heavy (non-hydrogen) atoms. The van der Waals surface area contributed by atoms with Crippen LogP contribution in [0.3, 0.4) is 0 Å². The third kappa shape index (κ3) is 4.52. The smallest absolute Gasteiger partial charge is 0.288 e. The van der Waals surface area contributed by atoms with Crippen LogP contribution >= 0.6 is 11.6 Å². The number of benzene rings is 3. The number of carbonyl (C=O) groups is 1. The van der Waals surface area contributed by atoms with Crippen molar-refractivity contribution in [3.05, 3.63) is 81.4 Å². The maximum absolute atomic E-state index is 12.8. The lowest BCUT2D eigenvalue weighted by Gasteiger charge is -2.09. The van der Waals surface area contributed by atoms with Crippen LogP contribution in [-0.4, -0.2) is 35.2 Å². The Balaban J connectivity index is 1.63. The van der Waals surface area contributed by atoms with E-state index in [2.05, 4.69) is 15.5 Å². The fourth-order valence-electron chi connectivity index (χ4n) is 3.19. The number of nitrogens with zero attached hydrogens (tertiary/aromatic N) is 3. The van der Waals surface area contributed by atoms with Crippen molar-refractivity contribution in [1.82, 2.24) is 10.1 Å². The summed E-state index contributed by atoms with van der Waals surface area (Å²) in [4.78, 5) is 27.7. The number of halogens is 1. The molecule has 0 aliphatic rings. The molecule has 10 nitrogen and oxygen atoms in total. The summed E-state index contributed by atoms with van der Waals surface area (Å²) in [6, 6.07) is 15.8. The van der Waals surface area contributed by atoms with E-state index < -0.39 is 10.8 Å². The summed E-state index contributed by atoms with van der Waals surface area (Å²) in [6.07, 6.45) is 0. The van der Waals surface area contributed by atoms with Crippen molar-refractivity contribution >= 4 is 28.9 Å². The fraction of sp³-hybridized carbons (Fsp3) is 0.0870. The van der Waals surface area contributed by atoms with Gasteiger partial charge in [0.15, 0.2) is 11.5 Å². The second-order valence-electron chi connectivity index (χ2n) is 6.92. The molecular weight excluding hydrogens is 464 g/mol. The number of methoxy groups -OCH3 is 2. The van der Waals surface area contributed by atoms with Gasteiger partial charge >= 0.3 is 0 Å². The highest BCUT2D eigenvalue weighted by Gasteiger charge is 2.19. The molecule has 0 atom stereocenters. The molecule has 0 aliphatic heterocycles. The first-order chi connectivity index (χ1) is 16.4. The number of hydrogen-bond acceptors (Lipinski definition) is 8. The van der Waals surface area contributed by atoms with Gasteiger partial charge in [0.2, 0.25) is 5.82 Å². The highest BCUT2D eigenvalue weighted by molar-refractivity contribution is 6.32. The highest BCUT2D eigenvalue weighted by atomic mass is 35.5. The molecule has 0 saturated heterocycles. The fourth-order valence-corrected chi connectivity index (χ4v) is 3.38. The van der Waals surface area contributed by atoms with Crippen LogP contribution in [-0.2, 0) is 0 Å². The van der Waals surface area contributed by atoms with Crippen molar-refractivity contribution in [2.24, 2.45) is 0 Å². The minimum atomic E-state index is -0.652. The molecule has 0 unspecified atom stereocenters. The van der Waals surface area contributed by atoms with Gasteiger partial charge in [-0.1, -0.05) is 28.9 Å². The Morgan fingerprint density at radius 2 is 1.82 bits per heavy atom. The summed E-state index contributed by atoms with van der Waals surface area (Å²) in [7, 11) is 3.06. The Morgan fingerprint density at radius 1 is 1.06 bits per heavy atom. The minimum Gasteiger partial charge on any atom is -0.493 e. The molecule has 0 bridgehead atoms. The van der Waals surface area contributed by atoms with Crippen molar-refractivity contribution in [2.45, 2.75) is 0 Å². The first kappa shape index (κ1) is 22.7. The first-order valence-corrected chi connectivity index (χ1v) is 10.2. The van der Waals surface area contributed by atoms with E-state index in [0.29, 0.717) is 34.1 Å². The lowest BCUT2D eigenvalue weighted by molar-refractivity contribution is -0.384. The van der Waals surface area contributed by atoms with Gasteiger partial charge in [0.25, 0.3) is 17.5 Å². The number of nitro groups is 1. The van der Waals surface area contributed by atoms with Gasteiger partial charge in [-0.05, 0) is 42.5 Å². The van der Waals surface area contributed by atoms with E-state index in [0.717, 1.165) is 6.07 Å². The van der Waals surface area contributed by atoms with Gasteiger partial charge in [-0.15, -0.1) is 0 Å². The molecule has 172 valence electrons. The van der Waals surface area contributed by atoms with Crippen molar-refractivity contribution in [2.75, 3.05) is 19.5 Å². The first-order valence-electron chi connectivity index (χ1n) is 9.82. The number of aromatic nitrogens is 2. The highest BCUT2D eigenvalue weighted by Crippen LogP contribution is 2.33. The number of rotatable bonds is 7. The number of ether oxygens (including phenoxy) is 2. The number of nitrogens with one attached hydrogen (secondary N) is 1. The monoisotopic (exact) mass is 480 g/mol. The lowest BCUT2D eigenvalue weighted by Crippen LogP contribution is -2.13. The van der Waals surface area contributed by atoms with Gasteiger partial charge in [0.1, 0.15) is 5.02 Å². The molecule has 4 aromatic rings. The van der Waals surface area contributed by atoms with Crippen molar-refractivity contribution in [3.63, 3.8) is 0 Å².